The monoisotopic (exact) mass is 744 g/mol. The topological polar surface area (TPSA) is 120 Å². The van der Waals surface area contributed by atoms with Crippen LogP contribution in [0.4, 0.5) is 10.6 Å². The number of pyridine rings is 1. The number of benzene rings is 2. The molecule has 1 aliphatic carbocycles. The third-order valence-electron chi connectivity index (χ3n) is 9.66. The Kier molecular flexibility index (Phi) is 10.7. The number of urea groups is 1. The molecule has 0 bridgehead atoms. The molecule has 14 heteroatoms. The highest BCUT2D eigenvalue weighted by Crippen LogP contribution is 2.39. The molecule has 52 heavy (non-hydrogen) atoms. The normalized spacial score (nSPS) is 19.1. The summed E-state index contributed by atoms with van der Waals surface area (Å²) in [4.78, 5) is 16.0. The number of hydrogen-bond donors (Lipinski definition) is 2. The van der Waals surface area contributed by atoms with Crippen molar-refractivity contribution < 1.29 is 18.5 Å². The smallest absolute Gasteiger partial charge is 0.320 e. The number of halogens is 1. The molecule has 2 aromatic carbocycles. The Morgan fingerprint density at radius 3 is 2.62 bits per heavy atom. The van der Waals surface area contributed by atoms with Crippen LogP contribution in [0.25, 0.3) is 11.3 Å². The van der Waals surface area contributed by atoms with Crippen molar-refractivity contribution in [2.75, 3.05) is 38.4 Å². The van der Waals surface area contributed by atoms with Gasteiger partial charge in [-0.25, -0.2) is 9.48 Å². The maximum absolute atomic E-state index is 13.7. The number of amides is 2. The van der Waals surface area contributed by atoms with E-state index in [1.165, 1.54) is 12.0 Å². The van der Waals surface area contributed by atoms with Gasteiger partial charge in [0, 0.05) is 23.8 Å². The SMILES string of the molecule is CSOCCOc1cc(-n2nc(C(C)(C)C)cc2NC(=O)NC2CCC(Oc3ccc4nnc(C5CCCN5C)n4c3)c3ccccc32)ccc1Cl. The van der Waals surface area contributed by atoms with Crippen molar-refractivity contribution in [3.63, 3.8) is 0 Å². The third-order valence-corrected chi connectivity index (χ3v) is 10.4. The second-order valence-electron chi connectivity index (χ2n) is 14.3. The number of hydrogen-bond acceptors (Lipinski definition) is 9. The van der Waals surface area contributed by atoms with E-state index in [0.717, 1.165) is 59.8 Å². The third kappa shape index (κ3) is 7.73. The fraction of sp³-hybridized carbons (Fsp3) is 0.421. The summed E-state index contributed by atoms with van der Waals surface area (Å²) in [7, 11) is 2.14. The molecule has 2 amide bonds. The quantitative estimate of drug-likeness (QED) is 0.102. The van der Waals surface area contributed by atoms with Crippen LogP contribution in [0, 0.1) is 0 Å². The van der Waals surface area contributed by atoms with Crippen LogP contribution < -0.4 is 20.1 Å². The Morgan fingerprint density at radius 1 is 1.02 bits per heavy atom. The molecule has 3 unspecified atom stereocenters. The van der Waals surface area contributed by atoms with Gasteiger partial charge in [0.15, 0.2) is 11.5 Å². The zero-order chi connectivity index (χ0) is 36.4. The lowest BCUT2D eigenvalue weighted by Gasteiger charge is -2.32. The van der Waals surface area contributed by atoms with Crippen LogP contribution in [0.5, 0.6) is 11.5 Å². The second-order valence-corrected chi connectivity index (χ2v) is 15.3. The molecule has 3 aromatic heterocycles. The summed E-state index contributed by atoms with van der Waals surface area (Å²) >= 11 is 7.74. The zero-order valence-corrected chi connectivity index (χ0v) is 31.7. The van der Waals surface area contributed by atoms with Gasteiger partial charge in [0.25, 0.3) is 0 Å². The number of nitrogens with one attached hydrogen (secondary N) is 2. The number of nitrogens with zero attached hydrogens (tertiary/aromatic N) is 6. The number of ether oxygens (including phenoxy) is 2. The predicted molar refractivity (Wildman–Crippen MR) is 204 cm³/mol. The Bertz CT molecular complexity index is 2050. The van der Waals surface area contributed by atoms with Gasteiger partial charge in [-0.05, 0) is 86.7 Å². The first-order valence-corrected chi connectivity index (χ1v) is 19.2. The highest BCUT2D eigenvalue weighted by atomic mass is 35.5. The summed E-state index contributed by atoms with van der Waals surface area (Å²) in [6.45, 7) is 8.06. The first kappa shape index (κ1) is 36.1. The van der Waals surface area contributed by atoms with Crippen molar-refractivity contribution in [3.05, 3.63) is 94.5 Å². The number of carbonyl (C=O) groups is 1. The minimum absolute atomic E-state index is 0.173. The predicted octanol–water partition coefficient (Wildman–Crippen LogP) is 8.08. The van der Waals surface area contributed by atoms with Crippen LogP contribution in [0.2, 0.25) is 5.02 Å². The number of likely N-dealkylation sites (tertiary alicyclic amines) is 1. The van der Waals surface area contributed by atoms with Crippen molar-refractivity contribution in [2.24, 2.45) is 0 Å². The minimum atomic E-state index is -0.331. The van der Waals surface area contributed by atoms with Crippen molar-refractivity contribution >= 4 is 41.1 Å². The van der Waals surface area contributed by atoms with Gasteiger partial charge in [-0.3, -0.25) is 14.6 Å². The first-order valence-electron chi connectivity index (χ1n) is 17.7. The molecule has 1 aliphatic heterocycles. The van der Waals surface area contributed by atoms with E-state index in [-0.39, 0.29) is 29.6 Å². The molecule has 274 valence electrons. The molecule has 2 N–H and O–H groups in total. The number of aromatic nitrogens is 5. The number of fused-ring (bicyclic) bond motifs is 2. The molecule has 0 radical (unpaired) electrons. The van der Waals surface area contributed by atoms with Gasteiger partial charge < -0.3 is 19.0 Å². The summed E-state index contributed by atoms with van der Waals surface area (Å²) in [6, 6.07) is 19.1. The van der Waals surface area contributed by atoms with Crippen LogP contribution in [0.1, 0.15) is 87.3 Å². The molecule has 4 heterocycles. The fourth-order valence-electron chi connectivity index (χ4n) is 6.96. The van der Waals surface area contributed by atoms with E-state index in [1.807, 2.05) is 54.9 Å². The molecular weight excluding hydrogens is 700 g/mol. The minimum Gasteiger partial charge on any atom is -0.489 e. The summed E-state index contributed by atoms with van der Waals surface area (Å²) < 4.78 is 21.6. The largest absolute Gasteiger partial charge is 0.489 e. The maximum Gasteiger partial charge on any atom is 0.320 e. The van der Waals surface area contributed by atoms with Gasteiger partial charge >= 0.3 is 6.03 Å². The van der Waals surface area contributed by atoms with Crippen molar-refractivity contribution in [3.8, 4) is 17.2 Å². The molecule has 1 fully saturated rings. The first-order chi connectivity index (χ1) is 25.1. The van der Waals surface area contributed by atoms with Gasteiger partial charge in [0.05, 0.1) is 41.3 Å². The summed E-state index contributed by atoms with van der Waals surface area (Å²) in [5.41, 5.74) is 4.15. The Morgan fingerprint density at radius 2 is 1.85 bits per heavy atom. The average Bonchev–Trinajstić information content (AvgIpc) is 3.86. The van der Waals surface area contributed by atoms with Crippen molar-refractivity contribution in [2.45, 2.75) is 70.1 Å². The van der Waals surface area contributed by atoms with E-state index in [4.69, 9.17) is 30.4 Å². The molecule has 0 spiro atoms. The summed E-state index contributed by atoms with van der Waals surface area (Å²) in [5, 5.41) is 20.6. The van der Waals surface area contributed by atoms with E-state index < -0.39 is 0 Å². The lowest BCUT2D eigenvalue weighted by molar-refractivity contribution is 0.171. The van der Waals surface area contributed by atoms with E-state index in [0.29, 0.717) is 41.9 Å². The van der Waals surface area contributed by atoms with Gasteiger partial charge in [0.2, 0.25) is 0 Å². The molecule has 7 rings (SSSR count). The molecule has 2 aliphatic rings. The van der Waals surface area contributed by atoms with Gasteiger partial charge in [-0.1, -0.05) is 56.6 Å². The standard InChI is InChI=1S/C38H45ClN8O4S/c1-38(2,3)33-22-35(47(44-33)24-12-14-28(39)32(21-24)49-19-20-50-52-5)41-37(48)40-29-15-16-31(27-10-7-6-9-26(27)29)51-25-13-17-34-42-43-36(46(34)23-25)30-11-8-18-45(30)4/h6-7,9-10,12-14,17,21-23,29-31H,8,11,15-16,18-20H2,1-5H3,(H2,40,41,48). The average molecular weight is 745 g/mol. The van der Waals surface area contributed by atoms with Gasteiger partial charge in [0.1, 0.15) is 30.0 Å². The van der Waals surface area contributed by atoms with Crippen LogP contribution in [0.3, 0.4) is 0 Å². The number of rotatable bonds is 11. The Balaban J connectivity index is 1.08. The fourth-order valence-corrected chi connectivity index (χ4v) is 7.36. The second kappa shape index (κ2) is 15.4. The van der Waals surface area contributed by atoms with E-state index >= 15 is 0 Å². The lowest BCUT2D eigenvalue weighted by Crippen LogP contribution is -2.36. The van der Waals surface area contributed by atoms with Gasteiger partial charge in [-0.15, -0.1) is 10.2 Å². The summed E-state index contributed by atoms with van der Waals surface area (Å²) in [5.74, 6) is 2.73. The van der Waals surface area contributed by atoms with Crippen LogP contribution in [0.15, 0.2) is 66.9 Å². The Labute approximate surface area is 313 Å². The van der Waals surface area contributed by atoms with E-state index in [2.05, 4.69) is 70.1 Å². The van der Waals surface area contributed by atoms with Crippen LogP contribution >= 0.6 is 23.6 Å². The van der Waals surface area contributed by atoms with Crippen LogP contribution in [-0.2, 0) is 9.60 Å². The zero-order valence-electron chi connectivity index (χ0n) is 30.1. The van der Waals surface area contributed by atoms with Crippen molar-refractivity contribution in [1.29, 1.82) is 0 Å². The highest BCUT2D eigenvalue weighted by Gasteiger charge is 2.31. The van der Waals surface area contributed by atoms with E-state index in [9.17, 15) is 4.79 Å². The highest BCUT2D eigenvalue weighted by molar-refractivity contribution is 7.93. The maximum atomic E-state index is 13.7. The lowest BCUT2D eigenvalue weighted by atomic mass is 9.85. The molecule has 3 atom stereocenters. The molecule has 1 saturated heterocycles. The van der Waals surface area contributed by atoms with Gasteiger partial charge in [-0.2, -0.15) is 5.10 Å². The number of carbonyl (C=O) groups excluding carboxylic acids is 1. The molecular formula is C38H45ClN8O4S. The molecule has 0 saturated carbocycles. The molecule has 5 aromatic rings. The van der Waals surface area contributed by atoms with Crippen molar-refractivity contribution in [1.82, 2.24) is 34.6 Å². The summed E-state index contributed by atoms with van der Waals surface area (Å²) in [6.07, 6.45) is 7.32. The Hall–Kier alpha value is -4.30. The molecule has 12 nitrogen and oxygen atoms in total. The van der Waals surface area contributed by atoms with E-state index in [1.54, 1.807) is 10.7 Å². The number of anilines is 1. The van der Waals surface area contributed by atoms with Crippen LogP contribution in [-0.4, -0.2) is 68.4 Å².